The van der Waals surface area contributed by atoms with Crippen LogP contribution in [0.15, 0.2) is 0 Å². The number of carbonyl (C=O) groups excluding carboxylic acids is 1. The first-order valence-corrected chi connectivity index (χ1v) is 6.08. The number of likely N-dealkylation sites (tertiary alicyclic amines) is 1. The summed E-state index contributed by atoms with van der Waals surface area (Å²) in [6, 6.07) is 0.0781. The maximum absolute atomic E-state index is 11.9. The normalized spacial score (nSPS) is 23.9. The summed E-state index contributed by atoms with van der Waals surface area (Å²) in [7, 11) is 0. The molecule has 3 heteroatoms. The zero-order valence-corrected chi connectivity index (χ0v) is 10.4. The van der Waals surface area contributed by atoms with E-state index in [1.54, 1.807) is 0 Å². The monoisotopic (exact) mass is 212 g/mol. The Morgan fingerprint density at radius 1 is 1.47 bits per heavy atom. The van der Waals surface area contributed by atoms with E-state index in [0.29, 0.717) is 17.7 Å². The third-order valence-electron chi connectivity index (χ3n) is 3.39. The molecule has 2 unspecified atom stereocenters. The van der Waals surface area contributed by atoms with Crippen molar-refractivity contribution < 1.29 is 4.79 Å². The van der Waals surface area contributed by atoms with Crippen molar-refractivity contribution in [3.63, 3.8) is 0 Å². The third-order valence-corrected chi connectivity index (χ3v) is 3.39. The number of rotatable bonds is 5. The van der Waals surface area contributed by atoms with Crippen molar-refractivity contribution in [2.24, 2.45) is 11.8 Å². The molecule has 1 fully saturated rings. The molecule has 0 radical (unpaired) electrons. The Bertz CT molecular complexity index is 216. The van der Waals surface area contributed by atoms with E-state index in [1.807, 2.05) is 11.8 Å². The van der Waals surface area contributed by atoms with Gasteiger partial charge in [0, 0.05) is 13.1 Å². The summed E-state index contributed by atoms with van der Waals surface area (Å²) in [5.74, 6) is 1.54. The average Bonchev–Trinajstić information content (AvgIpc) is 2.50. The maximum atomic E-state index is 11.9. The number of nitrogens with one attached hydrogen (secondary N) is 1. The molecule has 1 aliphatic rings. The van der Waals surface area contributed by atoms with Gasteiger partial charge in [-0.25, -0.2) is 0 Å². The van der Waals surface area contributed by atoms with E-state index < -0.39 is 0 Å². The van der Waals surface area contributed by atoms with Crippen LogP contribution in [0.25, 0.3) is 0 Å². The van der Waals surface area contributed by atoms with Gasteiger partial charge >= 0.3 is 0 Å². The molecular formula is C12H24N2O. The number of nitrogens with zero attached hydrogens (tertiary/aromatic N) is 1. The zero-order valence-electron chi connectivity index (χ0n) is 10.4. The second-order valence-corrected chi connectivity index (χ2v) is 4.90. The summed E-state index contributed by atoms with van der Waals surface area (Å²) in [6.45, 7) is 11.4. The van der Waals surface area contributed by atoms with Gasteiger partial charge in [-0.2, -0.15) is 0 Å². The number of hydrogen-bond donors (Lipinski definition) is 1. The lowest BCUT2D eigenvalue weighted by Crippen LogP contribution is -2.40. The van der Waals surface area contributed by atoms with Crippen LogP contribution >= 0.6 is 0 Å². The van der Waals surface area contributed by atoms with Crippen LogP contribution in [0.5, 0.6) is 0 Å². The van der Waals surface area contributed by atoms with Gasteiger partial charge in [0.2, 0.25) is 5.91 Å². The predicted molar refractivity (Wildman–Crippen MR) is 62.7 cm³/mol. The number of hydrogen-bond acceptors (Lipinski definition) is 2. The van der Waals surface area contributed by atoms with E-state index in [4.69, 9.17) is 0 Å². The molecule has 0 aromatic carbocycles. The van der Waals surface area contributed by atoms with Crippen LogP contribution in [0.3, 0.4) is 0 Å². The van der Waals surface area contributed by atoms with Crippen molar-refractivity contribution in [2.75, 3.05) is 19.6 Å². The minimum Gasteiger partial charge on any atom is -0.341 e. The molecule has 0 saturated carbocycles. The fourth-order valence-electron chi connectivity index (χ4n) is 1.91. The summed E-state index contributed by atoms with van der Waals surface area (Å²) < 4.78 is 0. The van der Waals surface area contributed by atoms with E-state index >= 15 is 0 Å². The van der Waals surface area contributed by atoms with Gasteiger partial charge in [0.05, 0.1) is 6.04 Å². The second-order valence-electron chi connectivity index (χ2n) is 4.90. The quantitative estimate of drug-likeness (QED) is 0.749. The van der Waals surface area contributed by atoms with E-state index in [-0.39, 0.29) is 6.04 Å². The van der Waals surface area contributed by atoms with Crippen LogP contribution in [0.4, 0.5) is 0 Å². The van der Waals surface area contributed by atoms with Crippen LogP contribution in [0.2, 0.25) is 0 Å². The van der Waals surface area contributed by atoms with E-state index in [0.717, 1.165) is 26.1 Å². The number of amides is 1. The molecule has 0 aromatic heterocycles. The molecule has 1 N–H and O–H groups in total. The maximum Gasteiger partial charge on any atom is 0.239 e. The number of carbonyl (C=O) groups is 1. The minimum absolute atomic E-state index is 0.0781. The Kier molecular flexibility index (Phi) is 4.58. The molecule has 15 heavy (non-hydrogen) atoms. The van der Waals surface area contributed by atoms with Crippen LogP contribution < -0.4 is 5.32 Å². The molecule has 1 heterocycles. The highest BCUT2D eigenvalue weighted by Crippen LogP contribution is 2.17. The Morgan fingerprint density at radius 2 is 2.13 bits per heavy atom. The van der Waals surface area contributed by atoms with Crippen molar-refractivity contribution in [3.05, 3.63) is 0 Å². The van der Waals surface area contributed by atoms with E-state index in [9.17, 15) is 4.79 Å². The molecular weight excluding hydrogens is 188 g/mol. The van der Waals surface area contributed by atoms with Gasteiger partial charge < -0.3 is 10.2 Å². The SMILES string of the molecule is CCNC1CCN(CC(C)C(C)C)C1=O. The molecule has 1 amide bonds. The Labute approximate surface area is 93.2 Å². The van der Waals surface area contributed by atoms with Crippen molar-refractivity contribution in [1.29, 1.82) is 0 Å². The largest absolute Gasteiger partial charge is 0.341 e. The molecule has 0 spiro atoms. The van der Waals surface area contributed by atoms with Gasteiger partial charge in [-0.1, -0.05) is 27.7 Å². The van der Waals surface area contributed by atoms with Crippen molar-refractivity contribution >= 4 is 5.91 Å². The van der Waals surface area contributed by atoms with Gasteiger partial charge in [-0.3, -0.25) is 4.79 Å². The van der Waals surface area contributed by atoms with Gasteiger partial charge in [-0.15, -0.1) is 0 Å². The molecule has 2 atom stereocenters. The Balaban J connectivity index is 2.42. The highest BCUT2D eigenvalue weighted by atomic mass is 16.2. The van der Waals surface area contributed by atoms with Crippen LogP contribution in [0.1, 0.15) is 34.1 Å². The predicted octanol–water partition coefficient (Wildman–Crippen LogP) is 1.49. The van der Waals surface area contributed by atoms with Gasteiger partial charge in [0.15, 0.2) is 0 Å². The first-order valence-electron chi connectivity index (χ1n) is 6.08. The van der Waals surface area contributed by atoms with E-state index in [1.165, 1.54) is 0 Å². The van der Waals surface area contributed by atoms with Crippen LogP contribution in [0, 0.1) is 11.8 Å². The lowest BCUT2D eigenvalue weighted by Gasteiger charge is -2.23. The fraction of sp³-hybridized carbons (Fsp3) is 0.917. The first-order chi connectivity index (χ1) is 7.06. The molecule has 0 bridgehead atoms. The van der Waals surface area contributed by atoms with Crippen molar-refractivity contribution in [1.82, 2.24) is 10.2 Å². The molecule has 1 saturated heterocycles. The first kappa shape index (κ1) is 12.5. The second kappa shape index (κ2) is 5.50. The summed E-state index contributed by atoms with van der Waals surface area (Å²) >= 11 is 0. The van der Waals surface area contributed by atoms with Crippen LogP contribution in [-0.4, -0.2) is 36.5 Å². The zero-order chi connectivity index (χ0) is 11.4. The summed E-state index contributed by atoms with van der Waals surface area (Å²) in [5.41, 5.74) is 0. The summed E-state index contributed by atoms with van der Waals surface area (Å²) in [4.78, 5) is 13.9. The van der Waals surface area contributed by atoms with Crippen LogP contribution in [-0.2, 0) is 4.79 Å². The van der Waals surface area contributed by atoms with Crippen molar-refractivity contribution in [2.45, 2.75) is 40.2 Å². The summed E-state index contributed by atoms with van der Waals surface area (Å²) in [5, 5.41) is 3.24. The third kappa shape index (κ3) is 3.20. The molecule has 1 rings (SSSR count). The topological polar surface area (TPSA) is 32.3 Å². The molecule has 88 valence electrons. The molecule has 3 nitrogen and oxygen atoms in total. The summed E-state index contributed by atoms with van der Waals surface area (Å²) in [6.07, 6.45) is 0.970. The van der Waals surface area contributed by atoms with Gasteiger partial charge in [-0.05, 0) is 24.8 Å². The highest BCUT2D eigenvalue weighted by Gasteiger charge is 2.31. The fourth-order valence-corrected chi connectivity index (χ4v) is 1.91. The molecule has 1 aliphatic heterocycles. The lowest BCUT2D eigenvalue weighted by atomic mass is 9.98. The molecule has 0 aliphatic carbocycles. The smallest absolute Gasteiger partial charge is 0.239 e. The Hall–Kier alpha value is -0.570. The molecule has 0 aromatic rings. The van der Waals surface area contributed by atoms with E-state index in [2.05, 4.69) is 26.1 Å². The lowest BCUT2D eigenvalue weighted by molar-refractivity contribution is -0.130. The van der Waals surface area contributed by atoms with Gasteiger partial charge in [0.1, 0.15) is 0 Å². The highest BCUT2D eigenvalue weighted by molar-refractivity contribution is 5.83. The Morgan fingerprint density at radius 3 is 2.67 bits per heavy atom. The van der Waals surface area contributed by atoms with Gasteiger partial charge in [0.25, 0.3) is 0 Å². The standard InChI is InChI=1S/C12H24N2O/c1-5-13-11-6-7-14(12(11)15)8-10(4)9(2)3/h9-11,13H,5-8H2,1-4H3. The number of likely N-dealkylation sites (N-methyl/N-ethyl adjacent to an activating group) is 1. The minimum atomic E-state index is 0.0781. The van der Waals surface area contributed by atoms with Crippen molar-refractivity contribution in [3.8, 4) is 0 Å². The average molecular weight is 212 g/mol.